The molecule has 0 rings (SSSR count). The van der Waals surface area contributed by atoms with E-state index in [1.807, 2.05) is 13.8 Å². The van der Waals surface area contributed by atoms with Crippen LogP contribution in [0.3, 0.4) is 0 Å². The van der Waals surface area contributed by atoms with Crippen LogP contribution in [0.4, 0.5) is 0 Å². The molecule has 6 nitrogen and oxygen atoms in total. The number of rotatable bonds is 8. The van der Waals surface area contributed by atoms with Gasteiger partial charge < -0.3 is 20.9 Å². The number of nitrogens with one attached hydrogen (secondary N) is 1. The van der Waals surface area contributed by atoms with Gasteiger partial charge in [-0.3, -0.25) is 4.79 Å². The topological polar surface area (TPSA) is 102 Å². The van der Waals surface area contributed by atoms with Crippen molar-refractivity contribution in [3.05, 3.63) is 0 Å². The molecule has 0 spiro atoms. The summed E-state index contributed by atoms with van der Waals surface area (Å²) in [5.41, 5.74) is 5.37. The van der Waals surface area contributed by atoms with Crippen LogP contribution < -0.4 is 11.1 Å². The lowest BCUT2D eigenvalue weighted by atomic mass is 10.00. The number of carboxylic acids is 1. The first-order chi connectivity index (χ1) is 7.31. The van der Waals surface area contributed by atoms with Crippen molar-refractivity contribution < 1.29 is 19.4 Å². The molecule has 0 saturated heterocycles. The average Bonchev–Trinajstić information content (AvgIpc) is 2.12. The first-order valence-electron chi connectivity index (χ1n) is 5.16. The van der Waals surface area contributed by atoms with Crippen molar-refractivity contribution >= 4 is 11.9 Å². The number of hydrogen-bond acceptors (Lipinski definition) is 4. The number of carboxylic acid groups (broad SMARTS) is 1. The van der Waals surface area contributed by atoms with Gasteiger partial charge >= 0.3 is 5.97 Å². The molecule has 0 aliphatic heterocycles. The minimum absolute atomic E-state index is 0.0996. The van der Waals surface area contributed by atoms with E-state index < -0.39 is 5.97 Å². The number of nitrogens with two attached hydrogens (primary N) is 1. The van der Waals surface area contributed by atoms with E-state index >= 15 is 0 Å². The van der Waals surface area contributed by atoms with Gasteiger partial charge in [0.2, 0.25) is 5.91 Å². The van der Waals surface area contributed by atoms with E-state index in [0.29, 0.717) is 19.4 Å². The molecule has 6 heteroatoms. The Balaban J connectivity index is 3.41. The van der Waals surface area contributed by atoms with Gasteiger partial charge in [0.1, 0.15) is 6.61 Å². The summed E-state index contributed by atoms with van der Waals surface area (Å²) in [6, 6.07) is 0. The Morgan fingerprint density at radius 1 is 1.44 bits per heavy atom. The summed E-state index contributed by atoms with van der Waals surface area (Å²) in [6.45, 7) is 3.89. The fraction of sp³-hybridized carbons (Fsp3) is 0.800. The van der Waals surface area contributed by atoms with Gasteiger partial charge in [-0.25, -0.2) is 4.79 Å². The van der Waals surface area contributed by atoms with Gasteiger partial charge in [0.05, 0.1) is 6.61 Å². The minimum atomic E-state index is -1.02. The maximum atomic E-state index is 11.2. The van der Waals surface area contributed by atoms with E-state index in [0.717, 1.165) is 0 Å². The van der Waals surface area contributed by atoms with E-state index in [-0.39, 0.29) is 24.7 Å². The zero-order valence-corrected chi connectivity index (χ0v) is 9.78. The third-order valence-electron chi connectivity index (χ3n) is 1.79. The second kappa shape index (κ2) is 7.19. The highest BCUT2D eigenvalue weighted by Gasteiger charge is 2.12. The van der Waals surface area contributed by atoms with Crippen LogP contribution in [-0.2, 0) is 14.3 Å². The molecule has 0 aromatic heterocycles. The van der Waals surface area contributed by atoms with Gasteiger partial charge in [0.15, 0.2) is 0 Å². The smallest absolute Gasteiger partial charge is 0.329 e. The molecule has 4 N–H and O–H groups in total. The Morgan fingerprint density at radius 3 is 2.56 bits per heavy atom. The van der Waals surface area contributed by atoms with E-state index in [2.05, 4.69) is 5.32 Å². The van der Waals surface area contributed by atoms with Crippen molar-refractivity contribution in [2.24, 2.45) is 5.73 Å². The SMILES string of the molecule is CC(C)(N)CCC(=O)NCCOCC(=O)O. The summed E-state index contributed by atoms with van der Waals surface area (Å²) < 4.78 is 4.75. The lowest BCUT2D eigenvalue weighted by molar-refractivity contribution is -0.142. The molecule has 0 aliphatic carbocycles. The van der Waals surface area contributed by atoms with Crippen LogP contribution in [0.5, 0.6) is 0 Å². The van der Waals surface area contributed by atoms with Crippen molar-refractivity contribution in [3.8, 4) is 0 Å². The molecule has 0 bridgehead atoms. The maximum Gasteiger partial charge on any atom is 0.329 e. The summed E-state index contributed by atoms with van der Waals surface area (Å²) in [4.78, 5) is 21.3. The molecule has 94 valence electrons. The number of hydrogen-bond donors (Lipinski definition) is 3. The van der Waals surface area contributed by atoms with E-state index in [1.54, 1.807) is 0 Å². The first kappa shape index (κ1) is 14.9. The van der Waals surface area contributed by atoms with E-state index in [1.165, 1.54) is 0 Å². The van der Waals surface area contributed by atoms with Crippen LogP contribution in [0, 0.1) is 0 Å². The maximum absolute atomic E-state index is 11.2. The number of amides is 1. The number of carbonyl (C=O) groups excluding carboxylic acids is 1. The van der Waals surface area contributed by atoms with Gasteiger partial charge in [-0.15, -0.1) is 0 Å². The van der Waals surface area contributed by atoms with Crippen LogP contribution in [0.25, 0.3) is 0 Å². The third kappa shape index (κ3) is 10.9. The summed E-state index contributed by atoms with van der Waals surface area (Å²) in [5, 5.41) is 10.9. The quantitative estimate of drug-likeness (QED) is 0.500. The molecular weight excluding hydrogens is 212 g/mol. The average molecular weight is 232 g/mol. The van der Waals surface area contributed by atoms with Crippen LogP contribution in [0.2, 0.25) is 0 Å². The molecule has 0 aromatic carbocycles. The van der Waals surface area contributed by atoms with Crippen LogP contribution >= 0.6 is 0 Å². The third-order valence-corrected chi connectivity index (χ3v) is 1.79. The molecule has 1 amide bonds. The zero-order chi connectivity index (χ0) is 12.6. The highest BCUT2D eigenvalue weighted by Crippen LogP contribution is 2.06. The van der Waals surface area contributed by atoms with Crippen molar-refractivity contribution in [2.45, 2.75) is 32.2 Å². The predicted octanol–water partition coefficient (Wildman–Crippen LogP) is -0.279. The van der Waals surface area contributed by atoms with E-state index in [4.69, 9.17) is 15.6 Å². The highest BCUT2D eigenvalue weighted by molar-refractivity contribution is 5.75. The highest BCUT2D eigenvalue weighted by atomic mass is 16.5. The van der Waals surface area contributed by atoms with Gasteiger partial charge in [0.25, 0.3) is 0 Å². The molecule has 0 saturated carbocycles. The summed E-state index contributed by atoms with van der Waals surface area (Å²) in [5.74, 6) is -1.12. The normalized spacial score (nSPS) is 11.2. The van der Waals surface area contributed by atoms with Crippen molar-refractivity contribution in [1.29, 1.82) is 0 Å². The molecule has 0 unspecified atom stereocenters. The Morgan fingerprint density at radius 2 is 2.06 bits per heavy atom. The Labute approximate surface area is 95.1 Å². The standard InChI is InChI=1S/C10H20N2O4/c1-10(2,11)4-3-8(13)12-5-6-16-7-9(14)15/h3-7,11H2,1-2H3,(H,12,13)(H,14,15). The number of carbonyl (C=O) groups is 2. The lowest BCUT2D eigenvalue weighted by Crippen LogP contribution is -2.35. The molecule has 0 fully saturated rings. The van der Waals surface area contributed by atoms with Gasteiger partial charge in [-0.05, 0) is 20.3 Å². The fourth-order valence-corrected chi connectivity index (χ4v) is 0.946. The van der Waals surface area contributed by atoms with Crippen LogP contribution in [-0.4, -0.2) is 42.3 Å². The molecule has 0 atom stereocenters. The number of ether oxygens (including phenoxy) is 1. The van der Waals surface area contributed by atoms with Crippen LogP contribution in [0.15, 0.2) is 0 Å². The second-order valence-corrected chi connectivity index (χ2v) is 4.28. The summed E-state index contributed by atoms with van der Waals surface area (Å²) in [6.07, 6.45) is 0.969. The molecule has 16 heavy (non-hydrogen) atoms. The zero-order valence-electron chi connectivity index (χ0n) is 9.78. The molecule has 0 radical (unpaired) electrons. The largest absolute Gasteiger partial charge is 0.480 e. The predicted molar refractivity (Wildman–Crippen MR) is 59.0 cm³/mol. The molecular formula is C10H20N2O4. The Bertz CT molecular complexity index is 235. The number of aliphatic carboxylic acids is 1. The molecule has 0 aliphatic rings. The van der Waals surface area contributed by atoms with Crippen LogP contribution in [0.1, 0.15) is 26.7 Å². The summed E-state index contributed by atoms with van der Waals surface area (Å²) >= 11 is 0. The van der Waals surface area contributed by atoms with Crippen molar-refractivity contribution in [3.63, 3.8) is 0 Å². The monoisotopic (exact) mass is 232 g/mol. The Hall–Kier alpha value is -1.14. The summed E-state index contributed by atoms with van der Waals surface area (Å²) in [7, 11) is 0. The van der Waals surface area contributed by atoms with E-state index in [9.17, 15) is 9.59 Å². The molecule has 0 aromatic rings. The Kier molecular flexibility index (Phi) is 6.67. The minimum Gasteiger partial charge on any atom is -0.480 e. The van der Waals surface area contributed by atoms with Gasteiger partial charge in [-0.1, -0.05) is 0 Å². The second-order valence-electron chi connectivity index (χ2n) is 4.28. The fourth-order valence-electron chi connectivity index (χ4n) is 0.946. The van der Waals surface area contributed by atoms with Crippen molar-refractivity contribution in [2.75, 3.05) is 19.8 Å². The van der Waals surface area contributed by atoms with Gasteiger partial charge in [-0.2, -0.15) is 0 Å². The first-order valence-corrected chi connectivity index (χ1v) is 5.16. The molecule has 0 heterocycles. The van der Waals surface area contributed by atoms with Crippen molar-refractivity contribution in [1.82, 2.24) is 5.32 Å². The lowest BCUT2D eigenvalue weighted by Gasteiger charge is -2.17. The van der Waals surface area contributed by atoms with Gasteiger partial charge in [0, 0.05) is 18.5 Å².